The number of hydrogen-bond donors (Lipinski definition) is 2. The Morgan fingerprint density at radius 3 is 2.30 bits per heavy atom. The van der Waals surface area contributed by atoms with Crippen LogP contribution in [0.1, 0.15) is 76.0 Å². The Balaban J connectivity index is 1.58. The Kier molecular flexibility index (Phi) is 9.82. The Morgan fingerprint density at radius 2 is 1.72 bits per heavy atom. The predicted octanol–water partition coefficient (Wildman–Crippen LogP) is 9.15. The molecule has 0 aliphatic rings. The predicted molar refractivity (Wildman–Crippen MR) is 182 cm³/mol. The van der Waals surface area contributed by atoms with Crippen LogP contribution in [-0.2, 0) is 17.8 Å². The number of aromatic amines is 1. The monoisotopic (exact) mass is 640 g/mol. The lowest BCUT2D eigenvalue weighted by Gasteiger charge is -2.36. The van der Waals surface area contributed by atoms with E-state index in [4.69, 9.17) is 4.74 Å². The van der Waals surface area contributed by atoms with Gasteiger partial charge in [-0.1, -0.05) is 58.9 Å². The van der Waals surface area contributed by atoms with E-state index in [1.165, 1.54) is 12.3 Å². The molecule has 46 heavy (non-hydrogen) atoms. The summed E-state index contributed by atoms with van der Waals surface area (Å²) in [6, 6.07) is 17.0. The molecule has 0 aliphatic carbocycles. The van der Waals surface area contributed by atoms with E-state index in [-0.39, 0.29) is 23.1 Å². The Morgan fingerprint density at radius 1 is 0.978 bits per heavy atom. The van der Waals surface area contributed by atoms with Gasteiger partial charge in [-0.3, -0.25) is 19.7 Å². The van der Waals surface area contributed by atoms with E-state index in [2.05, 4.69) is 40.7 Å². The number of thioether (sulfide) groups is 1. The van der Waals surface area contributed by atoms with Crippen LogP contribution in [0.3, 0.4) is 0 Å². The molecule has 3 aromatic heterocycles. The minimum absolute atomic E-state index is 0.142. The molecule has 0 bridgehead atoms. The van der Waals surface area contributed by atoms with Crippen molar-refractivity contribution >= 4 is 28.6 Å². The summed E-state index contributed by atoms with van der Waals surface area (Å²) in [5, 5.41) is 11.8. The molecule has 0 saturated heterocycles. The van der Waals surface area contributed by atoms with Crippen molar-refractivity contribution in [2.45, 2.75) is 83.0 Å². The van der Waals surface area contributed by atoms with Crippen molar-refractivity contribution in [2.75, 3.05) is 0 Å². The molecule has 1 unspecified atom stereocenters. The number of ether oxygens (including phenoxy) is 1. The Hall–Kier alpha value is -4.24. The molecule has 0 aliphatic heterocycles. The SMILES string of the molecule is CCC(CC)(C(=O)O)C(Cc1ccc(-c2ccc(F)cn2)cc1)c1[nH]c2ccc(OCc3cnc(C)cn3)cc2c1SC(C)(C)C. The standard InChI is InChI=1S/C37H41FN4O3S/c1-7-37(8-2,35(43)44)30(17-24-9-11-25(12-10-24)31-15-13-26(38)20-41-31)33-34(46-36(4,5)6)29-18-28(14-16-32(29)42-33)45-22-27-21-39-23(3)19-40-27/h9-16,18-21,30,42H,7-8,17,22H2,1-6H3,(H,43,44). The number of aliphatic carboxylic acids is 1. The lowest BCUT2D eigenvalue weighted by molar-refractivity contribution is -0.151. The van der Waals surface area contributed by atoms with Gasteiger partial charge in [0, 0.05) is 43.9 Å². The second-order valence-electron chi connectivity index (χ2n) is 12.7. The number of aryl methyl sites for hydroxylation is 1. The van der Waals surface area contributed by atoms with E-state index in [9.17, 15) is 14.3 Å². The molecule has 1 atom stereocenters. The number of nitrogens with one attached hydrogen (secondary N) is 1. The zero-order valence-electron chi connectivity index (χ0n) is 27.2. The molecule has 0 amide bonds. The minimum Gasteiger partial charge on any atom is -0.487 e. The van der Waals surface area contributed by atoms with Gasteiger partial charge in [-0.05, 0) is 62.1 Å². The van der Waals surface area contributed by atoms with E-state index < -0.39 is 11.4 Å². The summed E-state index contributed by atoms with van der Waals surface area (Å²) < 4.78 is 19.4. The number of rotatable bonds is 12. The van der Waals surface area contributed by atoms with E-state index in [1.54, 1.807) is 30.2 Å². The molecule has 0 radical (unpaired) electrons. The number of halogens is 1. The molecule has 240 valence electrons. The number of nitrogens with zero attached hydrogens (tertiary/aromatic N) is 3. The molecule has 5 aromatic rings. The fraction of sp³-hybridized carbons (Fsp3) is 0.351. The van der Waals surface area contributed by atoms with E-state index in [0.717, 1.165) is 44.0 Å². The fourth-order valence-electron chi connectivity index (χ4n) is 5.93. The minimum atomic E-state index is -1.01. The highest BCUT2D eigenvalue weighted by atomic mass is 32.2. The largest absolute Gasteiger partial charge is 0.487 e. The first-order valence-corrected chi connectivity index (χ1v) is 16.4. The van der Waals surface area contributed by atoms with E-state index >= 15 is 0 Å². The van der Waals surface area contributed by atoms with E-state index in [0.29, 0.717) is 30.7 Å². The first-order chi connectivity index (χ1) is 21.9. The topological polar surface area (TPSA) is 101 Å². The number of carboxylic acid groups (broad SMARTS) is 1. The third kappa shape index (κ3) is 7.25. The molecule has 9 heteroatoms. The molecule has 0 fully saturated rings. The van der Waals surface area contributed by atoms with Crippen molar-refractivity contribution in [2.24, 2.45) is 5.41 Å². The third-order valence-electron chi connectivity index (χ3n) is 8.50. The van der Waals surface area contributed by atoms with Gasteiger partial charge in [-0.2, -0.15) is 0 Å². The number of hydrogen-bond acceptors (Lipinski definition) is 6. The molecular weight excluding hydrogens is 599 g/mol. The number of pyridine rings is 1. The lowest BCUT2D eigenvalue weighted by Crippen LogP contribution is -2.38. The molecule has 5 rings (SSSR count). The summed E-state index contributed by atoms with van der Waals surface area (Å²) in [6.07, 6.45) is 6.12. The van der Waals surface area contributed by atoms with Crippen LogP contribution >= 0.6 is 11.8 Å². The smallest absolute Gasteiger partial charge is 0.310 e. The average Bonchev–Trinajstić information content (AvgIpc) is 3.37. The van der Waals surface area contributed by atoms with Gasteiger partial charge < -0.3 is 14.8 Å². The highest BCUT2D eigenvalue weighted by Gasteiger charge is 2.45. The van der Waals surface area contributed by atoms with E-state index in [1.807, 2.05) is 63.2 Å². The number of carboxylic acids is 1. The Labute approximate surface area is 274 Å². The van der Waals surface area contributed by atoms with Crippen molar-refractivity contribution in [1.29, 1.82) is 0 Å². The van der Waals surface area contributed by atoms with Gasteiger partial charge in [0.05, 0.1) is 34.9 Å². The van der Waals surface area contributed by atoms with Crippen LogP contribution in [0.2, 0.25) is 0 Å². The van der Waals surface area contributed by atoms with Crippen molar-refractivity contribution in [3.8, 4) is 17.0 Å². The zero-order chi connectivity index (χ0) is 33.1. The zero-order valence-corrected chi connectivity index (χ0v) is 28.0. The first-order valence-electron chi connectivity index (χ1n) is 15.6. The van der Waals surface area contributed by atoms with Crippen molar-refractivity contribution in [3.05, 3.63) is 102 Å². The van der Waals surface area contributed by atoms with Crippen LogP contribution in [0, 0.1) is 18.2 Å². The molecular formula is C37H41FN4O3S. The highest BCUT2D eigenvalue weighted by molar-refractivity contribution is 8.00. The maximum absolute atomic E-state index is 13.4. The summed E-state index contributed by atoms with van der Waals surface area (Å²) >= 11 is 1.74. The summed E-state index contributed by atoms with van der Waals surface area (Å²) in [5.41, 5.74) is 4.99. The number of carbonyl (C=O) groups is 1. The van der Waals surface area contributed by atoms with Crippen LogP contribution in [0.5, 0.6) is 5.75 Å². The highest BCUT2D eigenvalue weighted by Crippen LogP contribution is 2.50. The third-order valence-corrected chi connectivity index (χ3v) is 9.76. The molecule has 0 spiro atoms. The van der Waals surface area contributed by atoms with Gasteiger partial charge in [0.1, 0.15) is 18.2 Å². The first kappa shape index (κ1) is 33.1. The van der Waals surface area contributed by atoms with Crippen molar-refractivity contribution in [1.82, 2.24) is 19.9 Å². The summed E-state index contributed by atoms with van der Waals surface area (Å²) in [7, 11) is 0. The van der Waals surface area contributed by atoms with Gasteiger partial charge in [-0.25, -0.2) is 4.39 Å². The molecule has 2 aromatic carbocycles. The van der Waals surface area contributed by atoms with Crippen LogP contribution in [0.25, 0.3) is 22.2 Å². The Bertz CT molecular complexity index is 1790. The number of fused-ring (bicyclic) bond motifs is 1. The van der Waals surface area contributed by atoms with Gasteiger partial charge in [0.2, 0.25) is 0 Å². The van der Waals surface area contributed by atoms with Crippen molar-refractivity contribution < 1.29 is 19.0 Å². The summed E-state index contributed by atoms with van der Waals surface area (Å²) in [4.78, 5) is 30.8. The molecule has 2 N–H and O–H groups in total. The second-order valence-corrected chi connectivity index (χ2v) is 14.5. The molecule has 0 saturated carbocycles. The summed E-state index contributed by atoms with van der Waals surface area (Å²) in [5.74, 6) is -0.829. The maximum atomic E-state index is 13.4. The second kappa shape index (κ2) is 13.6. The van der Waals surface area contributed by atoms with Crippen LogP contribution < -0.4 is 4.74 Å². The lowest BCUT2D eigenvalue weighted by atomic mass is 9.67. The summed E-state index contributed by atoms with van der Waals surface area (Å²) in [6.45, 7) is 12.6. The fourth-order valence-corrected chi connectivity index (χ4v) is 7.13. The van der Waals surface area contributed by atoms with Crippen LogP contribution in [0.15, 0.2) is 78.1 Å². The molecule has 3 heterocycles. The maximum Gasteiger partial charge on any atom is 0.310 e. The van der Waals surface area contributed by atoms with Gasteiger partial charge in [0.25, 0.3) is 0 Å². The van der Waals surface area contributed by atoms with Crippen molar-refractivity contribution in [3.63, 3.8) is 0 Å². The van der Waals surface area contributed by atoms with Gasteiger partial charge in [0.15, 0.2) is 0 Å². The molecule has 7 nitrogen and oxygen atoms in total. The van der Waals surface area contributed by atoms with Crippen LogP contribution in [0.4, 0.5) is 4.39 Å². The number of aromatic nitrogens is 4. The van der Waals surface area contributed by atoms with Gasteiger partial charge >= 0.3 is 5.97 Å². The number of benzene rings is 2. The quantitative estimate of drug-likeness (QED) is 0.131. The van der Waals surface area contributed by atoms with Gasteiger partial charge in [-0.15, -0.1) is 11.8 Å². The number of H-pyrrole nitrogens is 1. The normalized spacial score (nSPS) is 12.8. The van der Waals surface area contributed by atoms with Crippen LogP contribution in [-0.4, -0.2) is 35.8 Å². The average molecular weight is 641 g/mol.